The third-order valence-corrected chi connectivity index (χ3v) is 2.52. The van der Waals surface area contributed by atoms with Crippen LogP contribution in [0.25, 0.3) is 0 Å². The molecule has 0 unspecified atom stereocenters. The zero-order chi connectivity index (χ0) is 10.8. The van der Waals surface area contributed by atoms with Crippen LogP contribution in [-0.4, -0.2) is 0 Å². The number of hydrazine groups is 2. The summed E-state index contributed by atoms with van der Waals surface area (Å²) in [7, 11) is 0. The van der Waals surface area contributed by atoms with E-state index >= 15 is 0 Å². The Labute approximate surface area is 90.7 Å². The average Bonchev–Trinajstić information content (AvgIpc) is 2.68. The molecule has 0 bridgehead atoms. The van der Waals surface area contributed by atoms with Crippen molar-refractivity contribution >= 4 is 5.69 Å². The van der Waals surface area contributed by atoms with Crippen molar-refractivity contribution in [1.29, 1.82) is 0 Å². The molecule has 1 aliphatic rings. The average molecular weight is 203 g/mol. The van der Waals surface area contributed by atoms with Gasteiger partial charge in [0.1, 0.15) is 0 Å². The summed E-state index contributed by atoms with van der Waals surface area (Å²) in [6, 6.07) is 8.42. The Balaban J connectivity index is 2.17. The Morgan fingerprint density at radius 1 is 1.13 bits per heavy atom. The van der Waals surface area contributed by atoms with Crippen LogP contribution >= 0.6 is 0 Å². The molecule has 0 fully saturated rings. The Morgan fingerprint density at radius 2 is 1.80 bits per heavy atom. The molecule has 0 saturated heterocycles. The van der Waals surface area contributed by atoms with E-state index in [1.54, 1.807) is 0 Å². The lowest BCUT2D eigenvalue weighted by Crippen LogP contribution is -2.36. The largest absolute Gasteiger partial charge is 0.306 e. The maximum absolute atomic E-state index is 3.16. The molecule has 1 aromatic carbocycles. The first-order chi connectivity index (χ1) is 7.16. The molecule has 0 spiro atoms. The zero-order valence-corrected chi connectivity index (χ0v) is 9.41. The van der Waals surface area contributed by atoms with Gasteiger partial charge >= 0.3 is 0 Å². The standard InChI is InChI=1S/C12H17N3/c1-9(2)12-8-15(14-13-12)11-6-4-10(3)5-7-11/h4-9,13-14H,1-3H3. The highest BCUT2D eigenvalue weighted by Gasteiger charge is 2.14. The van der Waals surface area contributed by atoms with Gasteiger partial charge in [-0.3, -0.25) is 5.01 Å². The first kappa shape index (κ1) is 10.1. The van der Waals surface area contributed by atoms with Gasteiger partial charge in [-0.2, -0.15) is 0 Å². The number of nitrogens with one attached hydrogen (secondary N) is 2. The Hall–Kier alpha value is -1.48. The van der Waals surface area contributed by atoms with Gasteiger partial charge in [0.05, 0.1) is 5.69 Å². The van der Waals surface area contributed by atoms with Crippen molar-refractivity contribution < 1.29 is 0 Å². The van der Waals surface area contributed by atoms with Gasteiger partial charge in [0.15, 0.2) is 0 Å². The summed E-state index contributed by atoms with van der Waals surface area (Å²) in [6.45, 7) is 6.42. The minimum absolute atomic E-state index is 0.507. The molecular weight excluding hydrogens is 186 g/mol. The fourth-order valence-electron chi connectivity index (χ4n) is 1.47. The van der Waals surface area contributed by atoms with Crippen molar-refractivity contribution in [2.75, 3.05) is 5.01 Å². The zero-order valence-electron chi connectivity index (χ0n) is 9.41. The van der Waals surface area contributed by atoms with E-state index in [1.807, 2.05) is 5.01 Å². The van der Waals surface area contributed by atoms with E-state index in [0.717, 1.165) is 5.69 Å². The predicted octanol–water partition coefficient (Wildman–Crippen LogP) is 2.32. The highest BCUT2D eigenvalue weighted by molar-refractivity contribution is 5.50. The second kappa shape index (κ2) is 3.95. The molecule has 1 aromatic rings. The number of benzene rings is 1. The fourth-order valence-corrected chi connectivity index (χ4v) is 1.47. The molecule has 1 aliphatic heterocycles. The highest BCUT2D eigenvalue weighted by atomic mass is 15.7. The summed E-state index contributed by atoms with van der Waals surface area (Å²) < 4.78 is 0. The van der Waals surface area contributed by atoms with Gasteiger partial charge < -0.3 is 5.43 Å². The van der Waals surface area contributed by atoms with Gasteiger partial charge in [0.25, 0.3) is 0 Å². The summed E-state index contributed by atoms with van der Waals surface area (Å²) in [5.41, 5.74) is 9.89. The fraction of sp³-hybridized carbons (Fsp3) is 0.333. The van der Waals surface area contributed by atoms with Gasteiger partial charge in [0, 0.05) is 11.9 Å². The minimum atomic E-state index is 0.507. The molecule has 2 rings (SSSR count). The molecule has 0 atom stereocenters. The van der Waals surface area contributed by atoms with Crippen LogP contribution in [-0.2, 0) is 0 Å². The van der Waals surface area contributed by atoms with Crippen molar-refractivity contribution in [1.82, 2.24) is 11.0 Å². The maximum Gasteiger partial charge on any atom is 0.0589 e. The first-order valence-electron chi connectivity index (χ1n) is 5.26. The van der Waals surface area contributed by atoms with E-state index in [4.69, 9.17) is 0 Å². The van der Waals surface area contributed by atoms with Gasteiger partial charge in [-0.25, -0.2) is 0 Å². The molecule has 2 N–H and O–H groups in total. The quantitative estimate of drug-likeness (QED) is 0.772. The Bertz CT molecular complexity index is 365. The predicted molar refractivity (Wildman–Crippen MR) is 62.9 cm³/mol. The van der Waals surface area contributed by atoms with Crippen LogP contribution in [0, 0.1) is 12.8 Å². The molecule has 15 heavy (non-hydrogen) atoms. The summed E-state index contributed by atoms with van der Waals surface area (Å²) >= 11 is 0. The van der Waals surface area contributed by atoms with Gasteiger partial charge in [-0.05, 0) is 25.0 Å². The van der Waals surface area contributed by atoms with Crippen LogP contribution < -0.4 is 16.0 Å². The normalized spacial score (nSPS) is 15.5. The summed E-state index contributed by atoms with van der Waals surface area (Å²) in [6.07, 6.45) is 2.09. The van der Waals surface area contributed by atoms with Crippen molar-refractivity contribution in [2.45, 2.75) is 20.8 Å². The number of nitrogens with zero attached hydrogens (tertiary/aromatic N) is 1. The molecule has 1 heterocycles. The van der Waals surface area contributed by atoms with Crippen molar-refractivity contribution in [3.8, 4) is 0 Å². The van der Waals surface area contributed by atoms with E-state index in [9.17, 15) is 0 Å². The molecule has 80 valence electrons. The molecular formula is C12H17N3. The highest BCUT2D eigenvalue weighted by Crippen LogP contribution is 2.18. The molecule has 0 aromatic heterocycles. The van der Waals surface area contributed by atoms with Crippen molar-refractivity contribution in [3.63, 3.8) is 0 Å². The van der Waals surface area contributed by atoms with Crippen LogP contribution in [0.2, 0.25) is 0 Å². The number of anilines is 1. The molecule has 3 heteroatoms. The second-order valence-corrected chi connectivity index (χ2v) is 4.18. The van der Waals surface area contributed by atoms with E-state index < -0.39 is 0 Å². The number of hydrogen-bond donors (Lipinski definition) is 2. The number of aryl methyl sites for hydroxylation is 1. The van der Waals surface area contributed by atoms with Crippen molar-refractivity contribution in [2.24, 2.45) is 5.92 Å². The first-order valence-corrected chi connectivity index (χ1v) is 5.26. The maximum atomic E-state index is 3.16. The van der Waals surface area contributed by atoms with Gasteiger partial charge in [-0.15, -0.1) is 5.53 Å². The summed E-state index contributed by atoms with van der Waals surface area (Å²) in [5.74, 6) is 0.507. The van der Waals surface area contributed by atoms with E-state index in [2.05, 4.69) is 62.2 Å². The van der Waals surface area contributed by atoms with Gasteiger partial charge in [0.2, 0.25) is 0 Å². The number of rotatable bonds is 2. The number of hydrogen-bond acceptors (Lipinski definition) is 3. The lowest BCUT2D eigenvalue weighted by atomic mass is 10.1. The van der Waals surface area contributed by atoms with Crippen LogP contribution in [0.4, 0.5) is 5.69 Å². The minimum Gasteiger partial charge on any atom is -0.306 e. The lowest BCUT2D eigenvalue weighted by Gasteiger charge is -2.15. The lowest BCUT2D eigenvalue weighted by molar-refractivity contribution is 0.600. The SMILES string of the molecule is Cc1ccc(N2C=C(C(C)C)NN2)cc1. The van der Waals surface area contributed by atoms with E-state index in [-0.39, 0.29) is 0 Å². The molecule has 3 nitrogen and oxygen atoms in total. The third-order valence-electron chi connectivity index (χ3n) is 2.52. The van der Waals surface area contributed by atoms with Crippen LogP contribution in [0.15, 0.2) is 36.2 Å². The molecule has 0 amide bonds. The van der Waals surface area contributed by atoms with Crippen LogP contribution in [0.5, 0.6) is 0 Å². The third kappa shape index (κ3) is 2.13. The smallest absolute Gasteiger partial charge is 0.0589 e. The second-order valence-electron chi connectivity index (χ2n) is 4.18. The molecule has 0 aliphatic carbocycles. The van der Waals surface area contributed by atoms with Crippen LogP contribution in [0.1, 0.15) is 19.4 Å². The van der Waals surface area contributed by atoms with Crippen molar-refractivity contribution in [3.05, 3.63) is 41.7 Å². The summed E-state index contributed by atoms with van der Waals surface area (Å²) in [5, 5.41) is 1.99. The van der Waals surface area contributed by atoms with E-state index in [0.29, 0.717) is 5.92 Å². The van der Waals surface area contributed by atoms with E-state index in [1.165, 1.54) is 11.3 Å². The Kier molecular flexibility index (Phi) is 2.64. The monoisotopic (exact) mass is 203 g/mol. The summed E-state index contributed by atoms with van der Waals surface area (Å²) in [4.78, 5) is 0. The topological polar surface area (TPSA) is 27.3 Å². The Morgan fingerprint density at radius 3 is 2.33 bits per heavy atom. The van der Waals surface area contributed by atoms with Gasteiger partial charge in [-0.1, -0.05) is 31.5 Å². The molecule has 0 radical (unpaired) electrons. The van der Waals surface area contributed by atoms with Crippen LogP contribution in [0.3, 0.4) is 0 Å². The number of allylic oxidation sites excluding steroid dienone is 1. The molecule has 0 saturated carbocycles.